The second-order valence-corrected chi connectivity index (χ2v) is 11.6. The van der Waals surface area contributed by atoms with E-state index in [0.717, 1.165) is 15.7 Å². The SMILES string of the molecule is COc1cccc([C@H]2[C@H](C(=O)c3ccccc3)N3c4ccc(Br)cc4C=CC3C23C(=O)c2ccccc2C3=O)c1OC. The zero-order valence-corrected chi connectivity index (χ0v) is 24.5. The number of para-hydroxylation sites is 1. The van der Waals surface area contributed by atoms with E-state index in [2.05, 4.69) is 15.9 Å². The summed E-state index contributed by atoms with van der Waals surface area (Å²) in [6.45, 7) is 0. The van der Waals surface area contributed by atoms with E-state index in [-0.39, 0.29) is 17.3 Å². The highest BCUT2D eigenvalue weighted by Crippen LogP contribution is 2.62. The van der Waals surface area contributed by atoms with E-state index in [0.29, 0.717) is 33.8 Å². The van der Waals surface area contributed by atoms with Crippen molar-refractivity contribution in [1.82, 2.24) is 0 Å². The molecule has 7 rings (SSSR count). The zero-order valence-electron chi connectivity index (χ0n) is 22.9. The van der Waals surface area contributed by atoms with Crippen molar-refractivity contribution in [1.29, 1.82) is 0 Å². The molecule has 2 aliphatic heterocycles. The molecular weight excluding hydrogens is 594 g/mol. The molecule has 1 aliphatic carbocycles. The van der Waals surface area contributed by atoms with E-state index < -0.39 is 23.4 Å². The number of ether oxygens (including phenoxy) is 2. The maximum Gasteiger partial charge on any atom is 0.185 e. The Labute approximate surface area is 251 Å². The predicted octanol–water partition coefficient (Wildman–Crippen LogP) is 6.78. The second kappa shape index (κ2) is 9.81. The third kappa shape index (κ3) is 3.46. The molecule has 1 saturated heterocycles. The third-order valence-electron chi connectivity index (χ3n) is 8.86. The number of hydrogen-bond donors (Lipinski definition) is 0. The van der Waals surface area contributed by atoms with E-state index >= 15 is 0 Å². The number of hydrogen-bond acceptors (Lipinski definition) is 6. The molecule has 1 unspecified atom stereocenters. The molecule has 2 heterocycles. The van der Waals surface area contributed by atoms with Crippen LogP contribution < -0.4 is 14.4 Å². The van der Waals surface area contributed by atoms with Gasteiger partial charge in [0, 0.05) is 38.3 Å². The molecule has 0 amide bonds. The Bertz CT molecular complexity index is 1780. The molecule has 1 fully saturated rings. The highest BCUT2D eigenvalue weighted by molar-refractivity contribution is 9.10. The van der Waals surface area contributed by atoms with Gasteiger partial charge in [0.1, 0.15) is 11.5 Å². The van der Waals surface area contributed by atoms with Gasteiger partial charge >= 0.3 is 0 Å². The van der Waals surface area contributed by atoms with E-state index in [9.17, 15) is 14.4 Å². The van der Waals surface area contributed by atoms with Gasteiger partial charge in [0.2, 0.25) is 0 Å². The molecule has 4 aromatic rings. The number of Topliss-reactive ketones (excluding diaryl/α,β-unsaturated/α-hetero) is 3. The molecular formula is C35H26BrNO5. The molecule has 208 valence electrons. The average Bonchev–Trinajstić information content (AvgIpc) is 3.46. The summed E-state index contributed by atoms with van der Waals surface area (Å²) in [5.41, 5.74) is 1.85. The Hall–Kier alpha value is -4.49. The zero-order chi connectivity index (χ0) is 29.2. The number of halogens is 1. The molecule has 0 radical (unpaired) electrons. The van der Waals surface area contributed by atoms with Crippen LogP contribution in [0.5, 0.6) is 11.5 Å². The van der Waals surface area contributed by atoms with Gasteiger partial charge in [-0.3, -0.25) is 14.4 Å². The molecule has 7 heteroatoms. The summed E-state index contributed by atoms with van der Waals surface area (Å²) < 4.78 is 12.4. The Morgan fingerprint density at radius 2 is 1.52 bits per heavy atom. The van der Waals surface area contributed by atoms with Crippen LogP contribution in [-0.4, -0.2) is 43.7 Å². The van der Waals surface area contributed by atoms with Crippen molar-refractivity contribution in [3.63, 3.8) is 0 Å². The second-order valence-electron chi connectivity index (χ2n) is 10.7. The van der Waals surface area contributed by atoms with E-state index in [1.807, 2.05) is 65.6 Å². The van der Waals surface area contributed by atoms with Crippen molar-refractivity contribution in [3.8, 4) is 11.5 Å². The Balaban J connectivity index is 1.59. The first-order chi connectivity index (χ1) is 20.4. The van der Waals surface area contributed by atoms with Crippen LogP contribution >= 0.6 is 15.9 Å². The van der Waals surface area contributed by atoms with E-state index in [1.54, 1.807) is 49.6 Å². The van der Waals surface area contributed by atoms with Gasteiger partial charge in [0.25, 0.3) is 0 Å². The van der Waals surface area contributed by atoms with Crippen LogP contribution in [0.1, 0.15) is 48.1 Å². The smallest absolute Gasteiger partial charge is 0.185 e. The van der Waals surface area contributed by atoms with Crippen molar-refractivity contribution >= 4 is 45.0 Å². The summed E-state index contributed by atoms with van der Waals surface area (Å²) >= 11 is 3.57. The highest BCUT2D eigenvalue weighted by Gasteiger charge is 2.72. The number of anilines is 1. The van der Waals surface area contributed by atoms with Gasteiger partial charge < -0.3 is 14.4 Å². The first kappa shape index (κ1) is 26.4. The normalized spacial score (nSPS) is 21.2. The standard InChI is InChI=1S/C35H26BrNO5/c1-41-27-14-8-13-25(32(27)42-2)29-30(31(38)20-9-4-3-5-10-20)37-26-17-16-22(36)19-21(26)15-18-28(37)35(29)33(39)23-11-6-7-12-24(23)34(35)40/h3-19,28-30H,1-2H3/t28?,29-,30+/m0/s1. The predicted molar refractivity (Wildman–Crippen MR) is 164 cm³/mol. The maximum atomic E-state index is 14.8. The summed E-state index contributed by atoms with van der Waals surface area (Å²) in [6, 6.07) is 25.6. The molecule has 0 bridgehead atoms. The molecule has 3 aliphatic rings. The monoisotopic (exact) mass is 619 g/mol. The maximum absolute atomic E-state index is 14.8. The lowest BCUT2D eigenvalue weighted by Crippen LogP contribution is -2.48. The van der Waals surface area contributed by atoms with Crippen molar-refractivity contribution in [2.24, 2.45) is 5.41 Å². The minimum Gasteiger partial charge on any atom is -0.493 e. The Morgan fingerprint density at radius 1 is 0.833 bits per heavy atom. The van der Waals surface area contributed by atoms with Gasteiger partial charge in [0.15, 0.2) is 28.8 Å². The topological polar surface area (TPSA) is 72.9 Å². The average molecular weight is 620 g/mol. The minimum atomic E-state index is -1.63. The van der Waals surface area contributed by atoms with Gasteiger partial charge in [-0.1, -0.05) is 94.8 Å². The fourth-order valence-corrected chi connectivity index (χ4v) is 7.60. The highest BCUT2D eigenvalue weighted by atomic mass is 79.9. The van der Waals surface area contributed by atoms with Gasteiger partial charge in [-0.15, -0.1) is 0 Å². The largest absolute Gasteiger partial charge is 0.493 e. The number of carbonyl (C=O) groups excluding carboxylic acids is 3. The fraction of sp³-hybridized carbons (Fsp3) is 0.171. The van der Waals surface area contributed by atoms with Crippen LogP contribution in [0.2, 0.25) is 0 Å². The van der Waals surface area contributed by atoms with Crippen LogP contribution in [0.25, 0.3) is 6.08 Å². The van der Waals surface area contributed by atoms with Crippen molar-refractivity contribution < 1.29 is 23.9 Å². The van der Waals surface area contributed by atoms with Crippen LogP contribution in [0.4, 0.5) is 5.69 Å². The molecule has 0 aromatic heterocycles. The number of fused-ring (bicyclic) bond motifs is 5. The lowest BCUT2D eigenvalue weighted by molar-refractivity contribution is 0.0664. The summed E-state index contributed by atoms with van der Waals surface area (Å²) in [7, 11) is 3.07. The Kier molecular flexibility index (Phi) is 6.17. The first-order valence-corrected chi connectivity index (χ1v) is 14.5. The molecule has 4 aromatic carbocycles. The summed E-state index contributed by atoms with van der Waals surface area (Å²) in [4.78, 5) is 46.4. The summed E-state index contributed by atoms with van der Waals surface area (Å²) in [5, 5.41) is 0. The first-order valence-electron chi connectivity index (χ1n) is 13.7. The minimum absolute atomic E-state index is 0.187. The van der Waals surface area contributed by atoms with Gasteiger partial charge in [-0.25, -0.2) is 0 Å². The number of ketones is 3. The molecule has 0 N–H and O–H groups in total. The van der Waals surface area contributed by atoms with Crippen LogP contribution in [-0.2, 0) is 0 Å². The van der Waals surface area contributed by atoms with Crippen molar-refractivity contribution in [2.75, 3.05) is 19.1 Å². The van der Waals surface area contributed by atoms with Crippen LogP contribution in [0.15, 0.2) is 102 Å². The van der Waals surface area contributed by atoms with Crippen LogP contribution in [0.3, 0.4) is 0 Å². The molecule has 6 nitrogen and oxygen atoms in total. The van der Waals surface area contributed by atoms with E-state index in [1.165, 1.54) is 7.11 Å². The number of rotatable bonds is 5. The number of methoxy groups -OCH3 is 2. The summed E-state index contributed by atoms with van der Waals surface area (Å²) in [5.74, 6) is -0.814. The lowest BCUT2D eigenvalue weighted by atomic mass is 9.64. The van der Waals surface area contributed by atoms with Crippen LogP contribution in [0, 0.1) is 5.41 Å². The molecule has 0 saturated carbocycles. The molecule has 1 spiro atoms. The lowest BCUT2D eigenvalue weighted by Gasteiger charge is -2.37. The quantitative estimate of drug-likeness (QED) is 0.181. The van der Waals surface area contributed by atoms with Crippen molar-refractivity contribution in [3.05, 3.63) is 129 Å². The Morgan fingerprint density at radius 3 is 2.19 bits per heavy atom. The molecule has 3 atom stereocenters. The van der Waals surface area contributed by atoms with Gasteiger partial charge in [-0.05, 0) is 29.8 Å². The van der Waals surface area contributed by atoms with Gasteiger partial charge in [-0.2, -0.15) is 0 Å². The third-order valence-corrected chi connectivity index (χ3v) is 9.35. The van der Waals surface area contributed by atoms with Gasteiger partial charge in [0.05, 0.1) is 20.3 Å². The molecule has 42 heavy (non-hydrogen) atoms. The number of nitrogens with zero attached hydrogens (tertiary/aromatic N) is 1. The summed E-state index contributed by atoms with van der Waals surface area (Å²) in [6.07, 6.45) is 3.86. The number of carbonyl (C=O) groups is 3. The fourth-order valence-electron chi connectivity index (χ4n) is 7.22. The number of benzene rings is 4. The van der Waals surface area contributed by atoms with Crippen molar-refractivity contribution in [2.45, 2.75) is 18.0 Å². The van der Waals surface area contributed by atoms with E-state index in [4.69, 9.17) is 9.47 Å².